The average Bonchev–Trinajstić information content (AvgIpc) is 2.71. The fourth-order valence-electron chi connectivity index (χ4n) is 3.97. The van der Waals surface area contributed by atoms with E-state index in [-0.39, 0.29) is 24.3 Å². The van der Waals surface area contributed by atoms with Crippen LogP contribution in [0, 0.1) is 5.92 Å². The fourth-order valence-corrected chi connectivity index (χ4v) is 3.97. The van der Waals surface area contributed by atoms with Gasteiger partial charge in [-0.05, 0) is 50.2 Å². The van der Waals surface area contributed by atoms with Crippen LogP contribution in [0.4, 0.5) is 0 Å². The summed E-state index contributed by atoms with van der Waals surface area (Å²) in [7, 11) is 7.49. The standard InChI is InChI=1S/C23H29N3O3/c1-16(14-21-19-8-6-7-9-20(19)23(27)26(4)24-21)22(25(2)3)17-10-12-18(13-11-17)29-15-28-5/h6-13,16,22H,14-15H2,1-5H3/t16-,22-/m1/s1. The summed E-state index contributed by atoms with van der Waals surface area (Å²) in [4.78, 5) is 14.6. The quantitative estimate of drug-likeness (QED) is 0.547. The molecule has 1 aromatic heterocycles. The second-order valence-corrected chi connectivity index (χ2v) is 7.63. The predicted octanol–water partition coefficient (Wildman–Crippen LogP) is 3.40. The summed E-state index contributed by atoms with van der Waals surface area (Å²) in [5.41, 5.74) is 2.09. The zero-order valence-electron chi connectivity index (χ0n) is 17.8. The summed E-state index contributed by atoms with van der Waals surface area (Å²) in [5, 5.41) is 6.23. The van der Waals surface area contributed by atoms with Crippen LogP contribution in [0.25, 0.3) is 10.8 Å². The van der Waals surface area contributed by atoms with Crippen LogP contribution in [0.3, 0.4) is 0 Å². The molecule has 6 nitrogen and oxygen atoms in total. The fraction of sp³-hybridized carbons (Fsp3) is 0.391. The Bertz CT molecular complexity index is 1010. The van der Waals surface area contributed by atoms with Gasteiger partial charge in [-0.1, -0.05) is 37.3 Å². The Hall–Kier alpha value is -2.70. The van der Waals surface area contributed by atoms with E-state index >= 15 is 0 Å². The van der Waals surface area contributed by atoms with Crippen LogP contribution >= 0.6 is 0 Å². The number of benzene rings is 2. The largest absolute Gasteiger partial charge is 0.468 e. The minimum absolute atomic E-state index is 0.0622. The molecule has 3 aromatic rings. The molecule has 2 aromatic carbocycles. The molecule has 6 heteroatoms. The highest BCUT2D eigenvalue weighted by molar-refractivity contribution is 5.83. The zero-order valence-corrected chi connectivity index (χ0v) is 17.8. The first-order valence-electron chi connectivity index (χ1n) is 9.75. The Labute approximate surface area is 171 Å². The predicted molar refractivity (Wildman–Crippen MR) is 115 cm³/mol. The maximum absolute atomic E-state index is 12.4. The van der Waals surface area contributed by atoms with Gasteiger partial charge >= 0.3 is 0 Å². The topological polar surface area (TPSA) is 56.6 Å². The number of rotatable bonds is 8. The van der Waals surface area contributed by atoms with Crippen molar-refractivity contribution in [2.75, 3.05) is 28.0 Å². The van der Waals surface area contributed by atoms with Gasteiger partial charge in [-0.3, -0.25) is 4.79 Å². The van der Waals surface area contributed by atoms with Crippen molar-refractivity contribution < 1.29 is 9.47 Å². The number of fused-ring (bicyclic) bond motifs is 1. The number of methoxy groups -OCH3 is 1. The molecular formula is C23H29N3O3. The molecule has 0 aliphatic carbocycles. The molecule has 0 saturated heterocycles. The van der Waals surface area contributed by atoms with Gasteiger partial charge in [0.2, 0.25) is 0 Å². The lowest BCUT2D eigenvalue weighted by Crippen LogP contribution is -2.28. The summed E-state index contributed by atoms with van der Waals surface area (Å²) in [5.74, 6) is 1.07. The smallest absolute Gasteiger partial charge is 0.274 e. The van der Waals surface area contributed by atoms with Gasteiger partial charge in [-0.15, -0.1) is 0 Å². The van der Waals surface area contributed by atoms with Crippen molar-refractivity contribution in [2.45, 2.75) is 19.4 Å². The third-order valence-electron chi connectivity index (χ3n) is 5.21. The number of hydrogen-bond acceptors (Lipinski definition) is 5. The van der Waals surface area contributed by atoms with Crippen LogP contribution in [0.15, 0.2) is 53.3 Å². The molecule has 0 bridgehead atoms. The van der Waals surface area contributed by atoms with E-state index in [2.05, 4.69) is 43.2 Å². The maximum atomic E-state index is 12.4. The summed E-state index contributed by atoms with van der Waals surface area (Å²) in [6.45, 7) is 2.46. The minimum Gasteiger partial charge on any atom is -0.468 e. The van der Waals surface area contributed by atoms with E-state index in [1.807, 2.05) is 36.4 Å². The number of nitrogens with zero attached hydrogens (tertiary/aromatic N) is 3. The van der Waals surface area contributed by atoms with Crippen molar-refractivity contribution in [2.24, 2.45) is 13.0 Å². The third kappa shape index (κ3) is 4.66. The van der Waals surface area contributed by atoms with Crippen molar-refractivity contribution >= 4 is 10.8 Å². The Morgan fingerprint density at radius 3 is 2.34 bits per heavy atom. The van der Waals surface area contributed by atoms with Crippen molar-refractivity contribution in [1.82, 2.24) is 14.7 Å². The number of aromatic nitrogens is 2. The number of hydrogen-bond donors (Lipinski definition) is 0. The van der Waals surface area contributed by atoms with Crippen LogP contribution < -0.4 is 10.3 Å². The van der Waals surface area contributed by atoms with Gasteiger partial charge in [0.15, 0.2) is 6.79 Å². The first-order valence-corrected chi connectivity index (χ1v) is 9.75. The SMILES string of the molecule is COCOc1ccc([C@@H]([C@H](C)Cc2nn(C)c(=O)c3ccccc23)N(C)C)cc1. The van der Waals surface area contributed by atoms with E-state index in [0.29, 0.717) is 5.39 Å². The molecule has 29 heavy (non-hydrogen) atoms. The molecule has 0 radical (unpaired) electrons. The molecule has 2 atom stereocenters. The maximum Gasteiger partial charge on any atom is 0.274 e. The van der Waals surface area contributed by atoms with E-state index in [0.717, 1.165) is 23.3 Å². The highest BCUT2D eigenvalue weighted by Crippen LogP contribution is 2.31. The molecule has 0 saturated carbocycles. The van der Waals surface area contributed by atoms with Gasteiger partial charge in [0, 0.05) is 25.6 Å². The van der Waals surface area contributed by atoms with Gasteiger partial charge in [-0.25, -0.2) is 4.68 Å². The molecule has 1 heterocycles. The molecule has 0 amide bonds. The molecular weight excluding hydrogens is 366 g/mol. The molecule has 0 fully saturated rings. The minimum atomic E-state index is -0.0622. The van der Waals surface area contributed by atoms with Crippen molar-refractivity contribution in [3.63, 3.8) is 0 Å². The molecule has 0 aliphatic rings. The van der Waals surface area contributed by atoms with Gasteiger partial charge < -0.3 is 14.4 Å². The lowest BCUT2D eigenvalue weighted by molar-refractivity contribution is 0.0511. The number of ether oxygens (including phenoxy) is 2. The second-order valence-electron chi connectivity index (χ2n) is 7.63. The van der Waals surface area contributed by atoms with Crippen molar-refractivity contribution in [1.29, 1.82) is 0 Å². The Kier molecular flexibility index (Phi) is 6.67. The van der Waals surface area contributed by atoms with Crippen LogP contribution in [0.2, 0.25) is 0 Å². The van der Waals surface area contributed by atoms with Crippen molar-refractivity contribution in [3.8, 4) is 5.75 Å². The lowest BCUT2D eigenvalue weighted by Gasteiger charge is -2.31. The molecule has 0 unspecified atom stereocenters. The molecule has 0 spiro atoms. The Balaban J connectivity index is 1.89. The molecule has 0 N–H and O–H groups in total. The Morgan fingerprint density at radius 1 is 1.07 bits per heavy atom. The molecule has 3 rings (SSSR count). The van der Waals surface area contributed by atoms with Crippen LogP contribution in [0.5, 0.6) is 5.75 Å². The Morgan fingerprint density at radius 2 is 1.72 bits per heavy atom. The molecule has 0 aliphatic heterocycles. The van der Waals surface area contributed by atoms with E-state index in [9.17, 15) is 4.79 Å². The summed E-state index contributed by atoms with van der Waals surface area (Å²) < 4.78 is 11.9. The normalized spacial score (nSPS) is 13.6. The lowest BCUT2D eigenvalue weighted by atomic mass is 9.89. The van der Waals surface area contributed by atoms with E-state index in [1.54, 1.807) is 14.2 Å². The van der Waals surface area contributed by atoms with Gasteiger partial charge in [-0.2, -0.15) is 5.10 Å². The van der Waals surface area contributed by atoms with E-state index < -0.39 is 0 Å². The summed E-state index contributed by atoms with van der Waals surface area (Å²) in [6, 6.07) is 16.0. The van der Waals surface area contributed by atoms with Crippen LogP contribution in [0.1, 0.15) is 24.2 Å². The summed E-state index contributed by atoms with van der Waals surface area (Å²) >= 11 is 0. The zero-order chi connectivity index (χ0) is 21.0. The van der Waals surface area contributed by atoms with Gasteiger partial charge in [0.25, 0.3) is 5.56 Å². The first-order chi connectivity index (χ1) is 13.9. The van der Waals surface area contributed by atoms with E-state index in [1.165, 1.54) is 10.2 Å². The van der Waals surface area contributed by atoms with Crippen LogP contribution in [-0.2, 0) is 18.2 Å². The highest BCUT2D eigenvalue weighted by Gasteiger charge is 2.23. The first kappa shape index (κ1) is 21.0. The van der Waals surface area contributed by atoms with Crippen molar-refractivity contribution in [3.05, 3.63) is 70.1 Å². The molecule has 154 valence electrons. The number of aryl methyl sites for hydroxylation is 1. The third-order valence-corrected chi connectivity index (χ3v) is 5.21. The second kappa shape index (κ2) is 9.20. The van der Waals surface area contributed by atoms with Crippen LogP contribution in [-0.4, -0.2) is 42.7 Å². The van der Waals surface area contributed by atoms with E-state index in [4.69, 9.17) is 9.47 Å². The highest BCUT2D eigenvalue weighted by atomic mass is 16.7. The van der Waals surface area contributed by atoms with Gasteiger partial charge in [0.05, 0.1) is 11.1 Å². The monoisotopic (exact) mass is 395 g/mol. The summed E-state index contributed by atoms with van der Waals surface area (Å²) in [6.07, 6.45) is 0.763. The van der Waals surface area contributed by atoms with Gasteiger partial charge in [0.1, 0.15) is 5.75 Å². The average molecular weight is 396 g/mol.